The highest BCUT2D eigenvalue weighted by molar-refractivity contribution is 5.69. The molecule has 0 fully saturated rings. The molecule has 48 heavy (non-hydrogen) atoms. The van der Waals surface area contributed by atoms with E-state index in [0.717, 1.165) is 70.6 Å². The Morgan fingerprint density at radius 3 is 1.27 bits per heavy atom. The zero-order chi connectivity index (χ0) is 35.0. The molecule has 0 aromatic rings. The first-order valence-electron chi connectivity index (χ1n) is 21.3. The second-order valence-corrected chi connectivity index (χ2v) is 14.5. The van der Waals surface area contributed by atoms with Gasteiger partial charge in [0.1, 0.15) is 6.10 Å². The van der Waals surface area contributed by atoms with Crippen molar-refractivity contribution in [2.45, 2.75) is 245 Å². The summed E-state index contributed by atoms with van der Waals surface area (Å²) in [6.07, 6.45) is 50.6. The molecule has 0 saturated carbocycles. The van der Waals surface area contributed by atoms with Gasteiger partial charge in [-0.25, -0.2) is 0 Å². The molecule has 0 aliphatic carbocycles. The lowest BCUT2D eigenvalue weighted by Crippen LogP contribution is -2.18. The quantitative estimate of drug-likeness (QED) is 0.0400. The molecule has 1 unspecified atom stereocenters. The standard InChI is InChI=1S/C44H82O4/c1-3-5-7-9-11-13-15-16-17-18-19-20-21-22-24-26-28-33-37-41-44(47)48-42(39-35-31-29-32-36-40-43(45)46)38-34-30-27-25-23-14-12-10-8-6-4-2/h11,13,16-17,42H,3-10,12,14-15,18-41H2,1-2H3,(H,45,46)/b13-11-,17-16-. The lowest BCUT2D eigenvalue weighted by Gasteiger charge is -2.18. The third kappa shape index (κ3) is 38.9. The molecule has 4 nitrogen and oxygen atoms in total. The summed E-state index contributed by atoms with van der Waals surface area (Å²) >= 11 is 0. The van der Waals surface area contributed by atoms with Crippen LogP contribution in [0.1, 0.15) is 239 Å². The van der Waals surface area contributed by atoms with E-state index in [1.54, 1.807) is 0 Å². The number of hydrogen-bond acceptors (Lipinski definition) is 3. The minimum absolute atomic E-state index is 0.00146. The summed E-state index contributed by atoms with van der Waals surface area (Å²) in [6.45, 7) is 4.53. The number of unbranched alkanes of at least 4 members (excludes halogenated alkanes) is 26. The highest BCUT2D eigenvalue weighted by atomic mass is 16.5. The van der Waals surface area contributed by atoms with Crippen molar-refractivity contribution in [2.75, 3.05) is 0 Å². The van der Waals surface area contributed by atoms with Gasteiger partial charge in [0.05, 0.1) is 0 Å². The van der Waals surface area contributed by atoms with Crippen molar-refractivity contribution in [3.63, 3.8) is 0 Å². The first kappa shape index (κ1) is 46.4. The molecular formula is C44H82O4. The van der Waals surface area contributed by atoms with Gasteiger partial charge < -0.3 is 9.84 Å². The number of carbonyl (C=O) groups excluding carboxylic acids is 1. The molecule has 0 aliphatic heterocycles. The number of rotatable bonds is 39. The van der Waals surface area contributed by atoms with Crippen LogP contribution in [0.5, 0.6) is 0 Å². The number of carboxylic acid groups (broad SMARTS) is 1. The molecule has 0 aromatic heterocycles. The summed E-state index contributed by atoms with van der Waals surface area (Å²) in [4.78, 5) is 23.4. The predicted octanol–water partition coefficient (Wildman–Crippen LogP) is 14.8. The van der Waals surface area contributed by atoms with E-state index >= 15 is 0 Å². The van der Waals surface area contributed by atoms with Gasteiger partial charge in [-0.15, -0.1) is 0 Å². The summed E-state index contributed by atoms with van der Waals surface area (Å²) in [5.41, 5.74) is 0. The average molecular weight is 675 g/mol. The van der Waals surface area contributed by atoms with Crippen molar-refractivity contribution in [3.8, 4) is 0 Å². The number of ether oxygens (including phenoxy) is 1. The van der Waals surface area contributed by atoms with Gasteiger partial charge in [0, 0.05) is 12.8 Å². The molecule has 0 radical (unpaired) electrons. The monoisotopic (exact) mass is 675 g/mol. The molecule has 4 heteroatoms. The van der Waals surface area contributed by atoms with Crippen LogP contribution < -0.4 is 0 Å². The number of carbonyl (C=O) groups is 2. The Morgan fingerprint density at radius 2 is 0.812 bits per heavy atom. The van der Waals surface area contributed by atoms with E-state index in [9.17, 15) is 9.59 Å². The van der Waals surface area contributed by atoms with Crippen LogP contribution in [0, 0.1) is 0 Å². The van der Waals surface area contributed by atoms with Gasteiger partial charge in [-0.3, -0.25) is 9.59 Å². The maximum Gasteiger partial charge on any atom is 0.306 e. The molecule has 0 heterocycles. The number of hydrogen-bond donors (Lipinski definition) is 1. The van der Waals surface area contributed by atoms with Crippen LogP contribution in [0.3, 0.4) is 0 Å². The van der Waals surface area contributed by atoms with Crippen LogP contribution >= 0.6 is 0 Å². The molecule has 282 valence electrons. The number of allylic oxidation sites excluding steroid dienone is 4. The molecule has 1 N–H and O–H groups in total. The van der Waals surface area contributed by atoms with Crippen LogP contribution in [0.4, 0.5) is 0 Å². The van der Waals surface area contributed by atoms with Gasteiger partial charge in [0.25, 0.3) is 0 Å². The first-order chi connectivity index (χ1) is 23.6. The Labute approximate surface area is 299 Å². The van der Waals surface area contributed by atoms with Gasteiger partial charge in [-0.2, -0.15) is 0 Å². The predicted molar refractivity (Wildman–Crippen MR) is 209 cm³/mol. The number of esters is 1. The normalized spacial score (nSPS) is 12.4. The lowest BCUT2D eigenvalue weighted by atomic mass is 10.0. The average Bonchev–Trinajstić information content (AvgIpc) is 3.07. The largest absolute Gasteiger partial charge is 0.481 e. The SMILES string of the molecule is CCCCC/C=C\C/C=C\CCCCCCCCCCCC(=O)OC(CCCCCCCCCCCCC)CCCCCCCC(=O)O. The summed E-state index contributed by atoms with van der Waals surface area (Å²) < 4.78 is 6.01. The van der Waals surface area contributed by atoms with Crippen LogP contribution in [0.25, 0.3) is 0 Å². The summed E-state index contributed by atoms with van der Waals surface area (Å²) in [5, 5.41) is 8.83. The fraction of sp³-hybridized carbons (Fsp3) is 0.864. The summed E-state index contributed by atoms with van der Waals surface area (Å²) in [6, 6.07) is 0. The number of aliphatic carboxylic acids is 1. The van der Waals surface area contributed by atoms with Crippen molar-refractivity contribution in [1.82, 2.24) is 0 Å². The Bertz CT molecular complexity index is 727. The lowest BCUT2D eigenvalue weighted by molar-refractivity contribution is -0.150. The van der Waals surface area contributed by atoms with Crippen molar-refractivity contribution in [2.24, 2.45) is 0 Å². The highest BCUT2D eigenvalue weighted by Gasteiger charge is 2.14. The van der Waals surface area contributed by atoms with Gasteiger partial charge in [0.15, 0.2) is 0 Å². The second kappa shape index (κ2) is 39.9. The summed E-state index contributed by atoms with van der Waals surface area (Å²) in [5.74, 6) is -0.697. The third-order valence-corrected chi connectivity index (χ3v) is 9.68. The van der Waals surface area contributed by atoms with Gasteiger partial charge in [-0.1, -0.05) is 179 Å². The molecule has 0 rings (SSSR count). The zero-order valence-electron chi connectivity index (χ0n) is 32.3. The topological polar surface area (TPSA) is 63.6 Å². The van der Waals surface area contributed by atoms with E-state index in [4.69, 9.17) is 9.84 Å². The fourth-order valence-electron chi connectivity index (χ4n) is 6.51. The zero-order valence-corrected chi connectivity index (χ0v) is 32.3. The summed E-state index contributed by atoms with van der Waals surface area (Å²) in [7, 11) is 0. The molecule has 0 bridgehead atoms. The third-order valence-electron chi connectivity index (χ3n) is 9.68. The molecule has 0 amide bonds. The van der Waals surface area contributed by atoms with E-state index < -0.39 is 5.97 Å². The Morgan fingerprint density at radius 1 is 0.458 bits per heavy atom. The van der Waals surface area contributed by atoms with Crippen molar-refractivity contribution < 1.29 is 19.4 Å². The molecule has 0 spiro atoms. The molecule has 1 atom stereocenters. The van der Waals surface area contributed by atoms with E-state index in [0.29, 0.717) is 6.42 Å². The van der Waals surface area contributed by atoms with Gasteiger partial charge in [0.2, 0.25) is 0 Å². The highest BCUT2D eigenvalue weighted by Crippen LogP contribution is 2.19. The minimum atomic E-state index is -0.699. The second-order valence-electron chi connectivity index (χ2n) is 14.5. The van der Waals surface area contributed by atoms with E-state index in [1.165, 1.54) is 141 Å². The smallest absolute Gasteiger partial charge is 0.306 e. The van der Waals surface area contributed by atoms with E-state index in [1.807, 2.05) is 0 Å². The van der Waals surface area contributed by atoms with Crippen molar-refractivity contribution >= 4 is 11.9 Å². The molecule has 0 saturated heterocycles. The van der Waals surface area contributed by atoms with Crippen LogP contribution in [-0.2, 0) is 14.3 Å². The van der Waals surface area contributed by atoms with Gasteiger partial charge in [-0.05, 0) is 70.6 Å². The van der Waals surface area contributed by atoms with Crippen LogP contribution in [0.15, 0.2) is 24.3 Å². The maximum absolute atomic E-state index is 12.7. The molecule has 0 aliphatic rings. The Balaban J connectivity index is 3.95. The molecular weight excluding hydrogens is 592 g/mol. The Hall–Kier alpha value is -1.58. The van der Waals surface area contributed by atoms with E-state index in [-0.39, 0.29) is 18.5 Å². The van der Waals surface area contributed by atoms with Crippen molar-refractivity contribution in [1.29, 1.82) is 0 Å². The van der Waals surface area contributed by atoms with E-state index in [2.05, 4.69) is 38.2 Å². The number of carboxylic acids is 1. The first-order valence-corrected chi connectivity index (χ1v) is 21.3. The maximum atomic E-state index is 12.7. The molecule has 0 aromatic carbocycles. The van der Waals surface area contributed by atoms with Crippen LogP contribution in [-0.4, -0.2) is 23.1 Å². The Kier molecular flexibility index (Phi) is 38.5. The van der Waals surface area contributed by atoms with Crippen molar-refractivity contribution in [3.05, 3.63) is 24.3 Å². The van der Waals surface area contributed by atoms with Gasteiger partial charge >= 0.3 is 11.9 Å². The fourth-order valence-corrected chi connectivity index (χ4v) is 6.51. The van der Waals surface area contributed by atoms with Crippen LogP contribution in [0.2, 0.25) is 0 Å². The minimum Gasteiger partial charge on any atom is -0.481 e.